The van der Waals surface area contributed by atoms with Crippen LogP contribution in [0.3, 0.4) is 0 Å². The maximum absolute atomic E-state index is 12.4. The van der Waals surface area contributed by atoms with Crippen molar-refractivity contribution < 1.29 is 14.0 Å². The van der Waals surface area contributed by atoms with E-state index in [2.05, 4.69) is 11.9 Å². The molecule has 6 nitrogen and oxygen atoms in total. The standard InChI is InChI=1S/C16H23N3O3/c1-17-6-2-4-13(17)12-15(20)18-7-9-19(10-8-18)16(21)14-5-3-11-22-14/h3,5,11,13H,2,4,6-10,12H2,1H3. The zero-order valence-electron chi connectivity index (χ0n) is 13.0. The van der Waals surface area contributed by atoms with Gasteiger partial charge in [-0.3, -0.25) is 9.59 Å². The van der Waals surface area contributed by atoms with Crippen molar-refractivity contribution in [2.75, 3.05) is 39.8 Å². The van der Waals surface area contributed by atoms with Crippen LogP contribution in [-0.2, 0) is 4.79 Å². The third-order valence-corrected chi connectivity index (χ3v) is 4.73. The second-order valence-electron chi connectivity index (χ2n) is 6.13. The van der Waals surface area contributed by atoms with Gasteiger partial charge in [-0.1, -0.05) is 0 Å². The molecule has 3 rings (SSSR count). The van der Waals surface area contributed by atoms with E-state index in [1.165, 1.54) is 12.7 Å². The minimum absolute atomic E-state index is 0.0902. The molecule has 0 radical (unpaired) electrons. The van der Waals surface area contributed by atoms with Crippen molar-refractivity contribution in [2.45, 2.75) is 25.3 Å². The Morgan fingerprint density at radius 2 is 1.91 bits per heavy atom. The van der Waals surface area contributed by atoms with E-state index >= 15 is 0 Å². The van der Waals surface area contributed by atoms with Crippen LogP contribution in [0.2, 0.25) is 0 Å². The van der Waals surface area contributed by atoms with Gasteiger partial charge in [0.2, 0.25) is 5.91 Å². The summed E-state index contributed by atoms with van der Waals surface area (Å²) >= 11 is 0. The summed E-state index contributed by atoms with van der Waals surface area (Å²) in [5.74, 6) is 0.490. The molecular formula is C16H23N3O3. The van der Waals surface area contributed by atoms with E-state index in [4.69, 9.17) is 4.42 Å². The molecule has 0 N–H and O–H groups in total. The maximum atomic E-state index is 12.4. The summed E-state index contributed by atoms with van der Waals surface area (Å²) in [5, 5.41) is 0. The third-order valence-electron chi connectivity index (χ3n) is 4.73. The Hall–Kier alpha value is -1.82. The first kappa shape index (κ1) is 15.1. The molecule has 0 aliphatic carbocycles. The van der Waals surface area contributed by atoms with Crippen LogP contribution in [0.15, 0.2) is 22.8 Å². The number of piperazine rings is 1. The maximum Gasteiger partial charge on any atom is 0.289 e. The SMILES string of the molecule is CN1CCCC1CC(=O)N1CCN(C(=O)c2ccco2)CC1. The molecule has 2 saturated heterocycles. The highest BCUT2D eigenvalue weighted by Gasteiger charge is 2.29. The van der Waals surface area contributed by atoms with Crippen molar-refractivity contribution >= 4 is 11.8 Å². The molecule has 0 spiro atoms. The molecule has 22 heavy (non-hydrogen) atoms. The van der Waals surface area contributed by atoms with E-state index < -0.39 is 0 Å². The Labute approximate surface area is 130 Å². The summed E-state index contributed by atoms with van der Waals surface area (Å²) in [7, 11) is 2.09. The Balaban J connectivity index is 1.49. The molecule has 1 aromatic rings. The normalized spacial score (nSPS) is 23.0. The summed E-state index contributed by atoms with van der Waals surface area (Å²) in [5.41, 5.74) is 0. The summed E-state index contributed by atoms with van der Waals surface area (Å²) in [6.07, 6.45) is 4.40. The van der Waals surface area contributed by atoms with E-state index in [0.717, 1.165) is 13.0 Å². The van der Waals surface area contributed by atoms with Crippen LogP contribution in [0.25, 0.3) is 0 Å². The van der Waals surface area contributed by atoms with E-state index in [0.29, 0.717) is 44.4 Å². The molecule has 1 unspecified atom stereocenters. The van der Waals surface area contributed by atoms with Gasteiger partial charge in [-0.05, 0) is 38.6 Å². The van der Waals surface area contributed by atoms with Gasteiger partial charge in [-0.25, -0.2) is 0 Å². The summed E-state index contributed by atoms with van der Waals surface area (Å²) in [6.45, 7) is 3.46. The van der Waals surface area contributed by atoms with Gasteiger partial charge in [-0.2, -0.15) is 0 Å². The van der Waals surface area contributed by atoms with Crippen LogP contribution in [-0.4, -0.2) is 72.3 Å². The Morgan fingerprint density at radius 1 is 1.18 bits per heavy atom. The second-order valence-corrected chi connectivity index (χ2v) is 6.13. The third kappa shape index (κ3) is 3.16. The topological polar surface area (TPSA) is 57.0 Å². The van der Waals surface area contributed by atoms with Gasteiger partial charge < -0.3 is 19.1 Å². The smallest absolute Gasteiger partial charge is 0.289 e. The number of likely N-dealkylation sites (tertiary alicyclic amines) is 1. The van der Waals surface area contributed by atoms with Crippen molar-refractivity contribution in [3.63, 3.8) is 0 Å². The first-order chi connectivity index (χ1) is 10.6. The number of amides is 2. The number of hydrogen-bond acceptors (Lipinski definition) is 4. The lowest BCUT2D eigenvalue weighted by atomic mass is 10.1. The molecule has 3 heterocycles. The number of rotatable bonds is 3. The zero-order valence-corrected chi connectivity index (χ0v) is 13.0. The molecule has 2 aliphatic rings. The molecule has 1 aromatic heterocycles. The molecule has 0 bridgehead atoms. The molecular weight excluding hydrogens is 282 g/mol. The lowest BCUT2D eigenvalue weighted by Gasteiger charge is -2.35. The highest BCUT2D eigenvalue weighted by molar-refractivity contribution is 5.91. The fourth-order valence-corrected chi connectivity index (χ4v) is 3.28. The Morgan fingerprint density at radius 3 is 2.50 bits per heavy atom. The molecule has 2 amide bonds. The van der Waals surface area contributed by atoms with E-state index in [9.17, 15) is 9.59 Å². The molecule has 1 atom stereocenters. The van der Waals surface area contributed by atoms with Crippen LogP contribution < -0.4 is 0 Å². The highest BCUT2D eigenvalue weighted by atomic mass is 16.3. The van der Waals surface area contributed by atoms with Crippen LogP contribution in [0.4, 0.5) is 0 Å². The number of hydrogen-bond donors (Lipinski definition) is 0. The molecule has 0 saturated carbocycles. The largest absolute Gasteiger partial charge is 0.459 e. The Bertz CT molecular complexity index is 521. The summed E-state index contributed by atoms with van der Waals surface area (Å²) in [6, 6.07) is 3.77. The van der Waals surface area contributed by atoms with Gasteiger partial charge in [0.15, 0.2) is 5.76 Å². The zero-order chi connectivity index (χ0) is 15.5. The monoisotopic (exact) mass is 305 g/mol. The summed E-state index contributed by atoms with van der Waals surface area (Å²) < 4.78 is 5.15. The average molecular weight is 305 g/mol. The average Bonchev–Trinajstić information content (AvgIpc) is 3.19. The minimum Gasteiger partial charge on any atom is -0.459 e. The first-order valence-electron chi connectivity index (χ1n) is 7.96. The molecule has 0 aromatic carbocycles. The second kappa shape index (κ2) is 6.52. The predicted octanol–water partition coefficient (Wildman–Crippen LogP) is 1.05. The lowest BCUT2D eigenvalue weighted by molar-refractivity contribution is -0.133. The fraction of sp³-hybridized carbons (Fsp3) is 0.625. The highest BCUT2D eigenvalue weighted by Crippen LogP contribution is 2.19. The van der Waals surface area contributed by atoms with Gasteiger partial charge in [0, 0.05) is 38.6 Å². The van der Waals surface area contributed by atoms with Crippen LogP contribution in [0.1, 0.15) is 29.8 Å². The summed E-state index contributed by atoms with van der Waals surface area (Å²) in [4.78, 5) is 30.5. The number of carbonyl (C=O) groups excluding carboxylic acids is 2. The van der Waals surface area contributed by atoms with E-state index in [1.807, 2.05) is 4.90 Å². The van der Waals surface area contributed by atoms with Gasteiger partial charge in [-0.15, -0.1) is 0 Å². The fourth-order valence-electron chi connectivity index (χ4n) is 3.28. The molecule has 2 aliphatic heterocycles. The van der Waals surface area contributed by atoms with Crippen molar-refractivity contribution in [1.82, 2.24) is 14.7 Å². The van der Waals surface area contributed by atoms with Crippen molar-refractivity contribution in [2.24, 2.45) is 0 Å². The number of nitrogens with zero attached hydrogens (tertiary/aromatic N) is 3. The number of furan rings is 1. The molecule has 6 heteroatoms. The van der Waals surface area contributed by atoms with Crippen molar-refractivity contribution in [1.29, 1.82) is 0 Å². The minimum atomic E-state index is -0.0902. The van der Waals surface area contributed by atoms with Crippen LogP contribution >= 0.6 is 0 Å². The van der Waals surface area contributed by atoms with Crippen molar-refractivity contribution in [3.05, 3.63) is 24.2 Å². The van der Waals surface area contributed by atoms with E-state index in [-0.39, 0.29) is 11.8 Å². The number of carbonyl (C=O) groups is 2. The van der Waals surface area contributed by atoms with E-state index in [1.54, 1.807) is 17.0 Å². The van der Waals surface area contributed by atoms with Crippen LogP contribution in [0, 0.1) is 0 Å². The van der Waals surface area contributed by atoms with Gasteiger partial charge in [0.25, 0.3) is 5.91 Å². The van der Waals surface area contributed by atoms with Gasteiger partial charge in [0.05, 0.1) is 6.26 Å². The van der Waals surface area contributed by atoms with Gasteiger partial charge >= 0.3 is 0 Å². The molecule has 2 fully saturated rings. The van der Waals surface area contributed by atoms with Crippen molar-refractivity contribution in [3.8, 4) is 0 Å². The van der Waals surface area contributed by atoms with Crippen LogP contribution in [0.5, 0.6) is 0 Å². The van der Waals surface area contributed by atoms with Gasteiger partial charge in [0.1, 0.15) is 0 Å². The molecule has 120 valence electrons. The quantitative estimate of drug-likeness (QED) is 0.837. The predicted molar refractivity (Wildman–Crippen MR) is 81.5 cm³/mol. The Kier molecular flexibility index (Phi) is 4.47. The first-order valence-corrected chi connectivity index (χ1v) is 7.96. The lowest BCUT2D eigenvalue weighted by Crippen LogP contribution is -2.51.